The van der Waals surface area contributed by atoms with Gasteiger partial charge in [-0.15, -0.1) is 11.3 Å². The van der Waals surface area contributed by atoms with Gasteiger partial charge in [-0.25, -0.2) is 0 Å². The summed E-state index contributed by atoms with van der Waals surface area (Å²) in [6, 6.07) is 1.66. The first-order chi connectivity index (χ1) is 6.18. The Morgan fingerprint density at radius 1 is 1.62 bits per heavy atom. The van der Waals surface area contributed by atoms with Crippen LogP contribution in [0.25, 0.3) is 0 Å². The highest BCUT2D eigenvalue weighted by Gasteiger charge is 2.29. The van der Waals surface area contributed by atoms with Crippen molar-refractivity contribution in [3.8, 4) is 0 Å². The third kappa shape index (κ3) is 1.45. The maximum Gasteiger partial charge on any atom is 0.253 e. The van der Waals surface area contributed by atoms with Gasteiger partial charge in [-0.05, 0) is 36.2 Å². The number of aryl methyl sites for hydroxylation is 1. The lowest BCUT2D eigenvalue weighted by Crippen LogP contribution is -2.21. The summed E-state index contributed by atoms with van der Waals surface area (Å²) in [5, 5.41) is 7.88. The minimum Gasteiger partial charge on any atom is -0.347 e. The van der Waals surface area contributed by atoms with Crippen LogP contribution >= 0.6 is 23.6 Å². The molecule has 13 heavy (non-hydrogen) atoms. The molecule has 0 bridgehead atoms. The maximum atomic E-state index is 11.4. The topological polar surface area (TPSA) is 41.1 Å². The number of hydrogen-bond acceptors (Lipinski definition) is 3. The van der Waals surface area contributed by atoms with Crippen LogP contribution in [0.5, 0.6) is 0 Å². The summed E-state index contributed by atoms with van der Waals surface area (Å²) >= 11 is 6.48. The summed E-state index contributed by atoms with van der Waals surface area (Å²) < 4.78 is 0. The largest absolute Gasteiger partial charge is 0.347 e. The Bertz CT molecular complexity index is 372. The second kappa shape index (κ2) is 3.08. The Hall–Kier alpha value is -0.940. The van der Waals surface area contributed by atoms with Crippen LogP contribution in [0.1, 0.15) is 16.5 Å². The monoisotopic (exact) mass is 212 g/mol. The molecule has 1 saturated heterocycles. The molecule has 1 fully saturated rings. The Kier molecular flexibility index (Phi) is 2.05. The summed E-state index contributed by atoms with van der Waals surface area (Å²) in [5.41, 5.74) is 1.02. The number of thiophene rings is 1. The molecule has 1 unspecified atom stereocenters. The van der Waals surface area contributed by atoms with E-state index >= 15 is 0 Å². The van der Waals surface area contributed by atoms with E-state index in [1.165, 1.54) is 0 Å². The zero-order chi connectivity index (χ0) is 9.42. The minimum absolute atomic E-state index is 0.0634. The van der Waals surface area contributed by atoms with Crippen LogP contribution in [-0.4, -0.2) is 11.0 Å². The van der Waals surface area contributed by atoms with Gasteiger partial charge in [0.1, 0.15) is 6.04 Å². The quantitative estimate of drug-likeness (QED) is 0.685. The van der Waals surface area contributed by atoms with Gasteiger partial charge in [0.2, 0.25) is 0 Å². The van der Waals surface area contributed by atoms with Crippen molar-refractivity contribution in [3.05, 3.63) is 21.9 Å². The van der Waals surface area contributed by atoms with E-state index in [4.69, 9.17) is 12.2 Å². The van der Waals surface area contributed by atoms with E-state index in [1.54, 1.807) is 11.3 Å². The van der Waals surface area contributed by atoms with Gasteiger partial charge in [-0.1, -0.05) is 0 Å². The lowest BCUT2D eigenvalue weighted by molar-refractivity contribution is -0.120. The first-order valence-electron chi connectivity index (χ1n) is 3.84. The molecule has 1 aromatic rings. The molecular formula is C8H8N2OS2. The molecule has 1 amide bonds. The van der Waals surface area contributed by atoms with E-state index in [9.17, 15) is 4.79 Å². The number of nitrogens with one attached hydrogen (secondary N) is 2. The number of hydrogen-bond donors (Lipinski definition) is 2. The highest BCUT2D eigenvalue weighted by atomic mass is 32.1. The lowest BCUT2D eigenvalue weighted by Gasteiger charge is -2.05. The number of carbonyl (C=O) groups excluding carboxylic acids is 1. The molecule has 2 N–H and O–H groups in total. The number of rotatable bonds is 1. The first-order valence-corrected chi connectivity index (χ1v) is 5.12. The van der Waals surface area contributed by atoms with Crippen LogP contribution in [0, 0.1) is 6.92 Å². The SMILES string of the molecule is Cc1sccc1C1NC(=S)NC1=O. The average Bonchev–Trinajstić information content (AvgIpc) is 2.58. The zero-order valence-corrected chi connectivity index (χ0v) is 8.59. The standard InChI is InChI=1S/C8H8N2OS2/c1-4-5(2-3-13-4)6-7(11)10-8(12)9-6/h2-3,6H,1H3,(H2,9,10,11,12). The van der Waals surface area contributed by atoms with Crippen molar-refractivity contribution >= 4 is 34.6 Å². The van der Waals surface area contributed by atoms with Crippen molar-refractivity contribution in [2.75, 3.05) is 0 Å². The average molecular weight is 212 g/mol. The normalized spacial score (nSPS) is 21.5. The van der Waals surface area contributed by atoms with Gasteiger partial charge < -0.3 is 10.6 Å². The number of thiocarbonyl (C=S) groups is 1. The number of carbonyl (C=O) groups is 1. The van der Waals surface area contributed by atoms with E-state index in [1.807, 2.05) is 18.4 Å². The molecular weight excluding hydrogens is 204 g/mol. The molecule has 0 saturated carbocycles. The van der Waals surface area contributed by atoms with E-state index in [0.29, 0.717) is 5.11 Å². The molecule has 1 aliphatic heterocycles. The van der Waals surface area contributed by atoms with Crippen molar-refractivity contribution in [3.63, 3.8) is 0 Å². The molecule has 1 aliphatic rings. The smallest absolute Gasteiger partial charge is 0.253 e. The summed E-state index contributed by atoms with van der Waals surface area (Å²) in [5.74, 6) is -0.0634. The summed E-state index contributed by atoms with van der Waals surface area (Å²) in [6.45, 7) is 2.00. The van der Waals surface area contributed by atoms with Crippen molar-refractivity contribution in [1.82, 2.24) is 10.6 Å². The molecule has 0 spiro atoms. The van der Waals surface area contributed by atoms with E-state index in [2.05, 4.69) is 10.6 Å². The number of amides is 1. The van der Waals surface area contributed by atoms with Crippen molar-refractivity contribution in [1.29, 1.82) is 0 Å². The lowest BCUT2D eigenvalue weighted by atomic mass is 10.1. The van der Waals surface area contributed by atoms with Crippen molar-refractivity contribution in [2.45, 2.75) is 13.0 Å². The Morgan fingerprint density at radius 2 is 2.38 bits per heavy atom. The van der Waals surface area contributed by atoms with Crippen LogP contribution in [0.2, 0.25) is 0 Å². The summed E-state index contributed by atoms with van der Waals surface area (Å²) in [4.78, 5) is 12.5. The van der Waals surface area contributed by atoms with Gasteiger partial charge >= 0.3 is 0 Å². The predicted molar refractivity (Wildman–Crippen MR) is 55.7 cm³/mol. The zero-order valence-electron chi connectivity index (χ0n) is 6.96. The van der Waals surface area contributed by atoms with Gasteiger partial charge in [0.15, 0.2) is 5.11 Å². The molecule has 3 nitrogen and oxygen atoms in total. The molecule has 68 valence electrons. The van der Waals surface area contributed by atoms with Gasteiger partial charge in [0.05, 0.1) is 0 Å². The fourth-order valence-electron chi connectivity index (χ4n) is 1.33. The second-order valence-corrected chi connectivity index (χ2v) is 4.36. The Morgan fingerprint density at radius 3 is 2.85 bits per heavy atom. The fraction of sp³-hybridized carbons (Fsp3) is 0.250. The van der Waals surface area contributed by atoms with Gasteiger partial charge in [0, 0.05) is 4.88 Å². The third-order valence-corrected chi connectivity index (χ3v) is 3.07. The van der Waals surface area contributed by atoms with Crippen molar-refractivity contribution in [2.24, 2.45) is 0 Å². The van der Waals surface area contributed by atoms with Crippen LogP contribution < -0.4 is 10.6 Å². The molecule has 1 aromatic heterocycles. The fourth-order valence-corrected chi connectivity index (χ4v) is 2.29. The molecule has 2 heterocycles. The molecule has 0 aromatic carbocycles. The molecule has 1 atom stereocenters. The van der Waals surface area contributed by atoms with Crippen LogP contribution in [0.3, 0.4) is 0 Å². The van der Waals surface area contributed by atoms with Crippen molar-refractivity contribution < 1.29 is 4.79 Å². The maximum absolute atomic E-state index is 11.4. The highest BCUT2D eigenvalue weighted by molar-refractivity contribution is 7.80. The summed E-state index contributed by atoms with van der Waals surface area (Å²) in [6.07, 6.45) is 0. The van der Waals surface area contributed by atoms with E-state index < -0.39 is 0 Å². The van der Waals surface area contributed by atoms with Gasteiger partial charge in [0.25, 0.3) is 5.91 Å². The molecule has 2 rings (SSSR count). The van der Waals surface area contributed by atoms with Crippen LogP contribution in [0.4, 0.5) is 0 Å². The van der Waals surface area contributed by atoms with Gasteiger partial charge in [-0.2, -0.15) is 0 Å². The van der Waals surface area contributed by atoms with Gasteiger partial charge in [-0.3, -0.25) is 4.79 Å². The van der Waals surface area contributed by atoms with E-state index in [0.717, 1.165) is 10.4 Å². The van der Waals surface area contributed by atoms with Crippen LogP contribution in [0.15, 0.2) is 11.4 Å². The predicted octanol–water partition coefficient (Wildman–Crippen LogP) is 1.10. The molecule has 5 heteroatoms. The first kappa shape index (κ1) is 8.65. The Labute approximate surface area is 85.1 Å². The van der Waals surface area contributed by atoms with Crippen LogP contribution in [-0.2, 0) is 4.79 Å². The van der Waals surface area contributed by atoms with E-state index in [-0.39, 0.29) is 11.9 Å². The summed E-state index contributed by atoms with van der Waals surface area (Å²) in [7, 11) is 0. The molecule has 0 radical (unpaired) electrons. The minimum atomic E-state index is -0.293. The second-order valence-electron chi connectivity index (χ2n) is 2.83. The third-order valence-electron chi connectivity index (χ3n) is 1.98. The highest BCUT2D eigenvalue weighted by Crippen LogP contribution is 2.24. The molecule has 0 aliphatic carbocycles. The Balaban J connectivity index is 2.32.